The van der Waals surface area contributed by atoms with Crippen molar-refractivity contribution in [2.45, 2.75) is 10.1 Å². The van der Waals surface area contributed by atoms with Gasteiger partial charge in [-0.3, -0.25) is 4.79 Å². The largest absolute Gasteiger partial charge is 0.507 e. The predicted molar refractivity (Wildman–Crippen MR) is 125 cm³/mol. The molecule has 6 nitrogen and oxygen atoms in total. The highest BCUT2D eigenvalue weighted by Gasteiger charge is 2.07. The summed E-state index contributed by atoms with van der Waals surface area (Å²) >= 11 is 3.36. The monoisotopic (exact) mass is 449 g/mol. The summed E-state index contributed by atoms with van der Waals surface area (Å²) in [5.74, 6) is 1.08. The molecule has 0 unspecified atom stereocenters. The van der Waals surface area contributed by atoms with Crippen LogP contribution in [0.4, 0.5) is 0 Å². The van der Waals surface area contributed by atoms with Crippen LogP contribution in [0.1, 0.15) is 21.5 Å². The number of ether oxygens (including phenoxy) is 1. The molecule has 0 aliphatic rings. The Morgan fingerprint density at radius 3 is 2.77 bits per heavy atom. The van der Waals surface area contributed by atoms with Crippen LogP contribution in [0.5, 0.6) is 11.5 Å². The average molecular weight is 450 g/mol. The fourth-order valence-corrected chi connectivity index (χ4v) is 4.82. The molecule has 0 aliphatic carbocycles. The highest BCUT2D eigenvalue weighted by molar-refractivity contribution is 8.00. The van der Waals surface area contributed by atoms with E-state index in [2.05, 4.69) is 21.6 Å². The molecule has 4 aromatic rings. The maximum atomic E-state index is 12.3. The van der Waals surface area contributed by atoms with Crippen molar-refractivity contribution in [3.8, 4) is 11.5 Å². The Bertz CT molecular complexity index is 1200. The summed E-state index contributed by atoms with van der Waals surface area (Å²) in [6.07, 6.45) is 1.37. The van der Waals surface area contributed by atoms with Gasteiger partial charge in [0.05, 0.1) is 23.5 Å². The fraction of sp³-hybridized carbons (Fsp3) is 0.0870. The Morgan fingerprint density at radius 2 is 2.00 bits per heavy atom. The number of phenols is 1. The van der Waals surface area contributed by atoms with Gasteiger partial charge in [0.25, 0.3) is 5.91 Å². The van der Waals surface area contributed by atoms with E-state index in [1.165, 1.54) is 24.1 Å². The van der Waals surface area contributed by atoms with E-state index in [1.54, 1.807) is 47.4 Å². The fourth-order valence-electron chi connectivity index (χ4n) is 2.80. The van der Waals surface area contributed by atoms with Crippen LogP contribution in [0.2, 0.25) is 0 Å². The lowest BCUT2D eigenvalue weighted by atomic mass is 10.1. The Hall–Kier alpha value is -3.36. The molecule has 156 valence electrons. The number of hydrogen-bond acceptors (Lipinski definition) is 7. The lowest BCUT2D eigenvalue weighted by molar-refractivity contribution is 0.0955. The molecule has 8 heteroatoms. The van der Waals surface area contributed by atoms with Crippen molar-refractivity contribution in [1.82, 2.24) is 10.4 Å². The van der Waals surface area contributed by atoms with Gasteiger partial charge in [0, 0.05) is 16.9 Å². The second kappa shape index (κ2) is 9.63. The van der Waals surface area contributed by atoms with Crippen molar-refractivity contribution in [2.75, 3.05) is 7.11 Å². The maximum absolute atomic E-state index is 12.3. The zero-order valence-electron chi connectivity index (χ0n) is 16.6. The van der Waals surface area contributed by atoms with Gasteiger partial charge >= 0.3 is 0 Å². The first-order valence-corrected chi connectivity index (χ1v) is 11.2. The third kappa shape index (κ3) is 5.22. The van der Waals surface area contributed by atoms with Crippen LogP contribution in [0.15, 0.2) is 76.2 Å². The molecule has 0 saturated heterocycles. The van der Waals surface area contributed by atoms with Crippen LogP contribution in [-0.4, -0.2) is 29.3 Å². The van der Waals surface area contributed by atoms with Crippen LogP contribution < -0.4 is 10.2 Å². The molecule has 4 rings (SSSR count). The Balaban J connectivity index is 1.33. The van der Waals surface area contributed by atoms with Crippen molar-refractivity contribution in [3.63, 3.8) is 0 Å². The number of amides is 1. The maximum Gasteiger partial charge on any atom is 0.271 e. The number of carbonyl (C=O) groups is 1. The molecule has 0 saturated carbocycles. The van der Waals surface area contributed by atoms with E-state index >= 15 is 0 Å². The number of benzene rings is 3. The first-order valence-electron chi connectivity index (χ1n) is 9.40. The van der Waals surface area contributed by atoms with Gasteiger partial charge in [-0.05, 0) is 48.0 Å². The number of fused-ring (bicyclic) bond motifs is 1. The molecule has 0 aliphatic heterocycles. The second-order valence-corrected chi connectivity index (χ2v) is 8.81. The summed E-state index contributed by atoms with van der Waals surface area (Å²) in [5.41, 5.74) is 5.54. The number of thiazole rings is 1. The van der Waals surface area contributed by atoms with Crippen molar-refractivity contribution in [2.24, 2.45) is 5.10 Å². The lowest BCUT2D eigenvalue weighted by Crippen LogP contribution is -2.17. The first-order chi connectivity index (χ1) is 15.1. The number of aromatic hydroxyl groups is 1. The molecule has 0 atom stereocenters. The summed E-state index contributed by atoms with van der Waals surface area (Å²) in [6.45, 7) is 0. The van der Waals surface area contributed by atoms with Crippen molar-refractivity contribution < 1.29 is 14.6 Å². The van der Waals surface area contributed by atoms with Gasteiger partial charge in [0.1, 0.15) is 11.5 Å². The molecule has 0 bridgehead atoms. The number of nitrogens with one attached hydrogen (secondary N) is 1. The summed E-state index contributed by atoms with van der Waals surface area (Å²) < 4.78 is 7.32. The first kappa shape index (κ1) is 20.9. The third-order valence-corrected chi connectivity index (χ3v) is 6.71. The van der Waals surface area contributed by atoms with E-state index in [0.29, 0.717) is 16.9 Å². The molecule has 31 heavy (non-hydrogen) atoms. The molecule has 1 heterocycles. The topological polar surface area (TPSA) is 83.8 Å². The van der Waals surface area contributed by atoms with Crippen LogP contribution in [0, 0.1) is 0 Å². The Kier molecular flexibility index (Phi) is 6.49. The predicted octanol–water partition coefficient (Wildman–Crippen LogP) is 5.07. The van der Waals surface area contributed by atoms with Gasteiger partial charge < -0.3 is 9.84 Å². The zero-order valence-corrected chi connectivity index (χ0v) is 18.2. The highest BCUT2D eigenvalue weighted by atomic mass is 32.2. The Labute approximate surface area is 187 Å². The van der Waals surface area contributed by atoms with Gasteiger partial charge in [-0.25, -0.2) is 10.4 Å². The van der Waals surface area contributed by atoms with Gasteiger partial charge in [-0.1, -0.05) is 36.0 Å². The van der Waals surface area contributed by atoms with E-state index in [0.717, 1.165) is 21.2 Å². The quantitative estimate of drug-likeness (QED) is 0.234. The average Bonchev–Trinajstić information content (AvgIpc) is 3.22. The van der Waals surface area contributed by atoms with Crippen molar-refractivity contribution in [3.05, 3.63) is 83.4 Å². The number of rotatable bonds is 7. The van der Waals surface area contributed by atoms with E-state index in [4.69, 9.17) is 4.74 Å². The van der Waals surface area contributed by atoms with E-state index in [1.807, 2.05) is 30.3 Å². The molecule has 0 spiro atoms. The SMILES string of the molecule is COc1ccc(O)c(C=NNC(=O)c2ccc(CSc3nc4ccccc4s3)cc2)c1. The molecular formula is C23H19N3O3S2. The standard InChI is InChI=1S/C23H19N3O3S2/c1-29-18-10-11-20(27)17(12-18)13-24-26-22(28)16-8-6-15(7-9-16)14-30-23-25-19-4-2-3-5-21(19)31-23/h2-13,27H,14H2,1H3,(H,26,28). The molecule has 1 aromatic heterocycles. The highest BCUT2D eigenvalue weighted by Crippen LogP contribution is 2.31. The van der Waals surface area contributed by atoms with E-state index in [-0.39, 0.29) is 11.7 Å². The Morgan fingerprint density at radius 1 is 1.19 bits per heavy atom. The number of hydrogen-bond donors (Lipinski definition) is 2. The minimum absolute atomic E-state index is 0.0498. The van der Waals surface area contributed by atoms with Crippen molar-refractivity contribution >= 4 is 45.4 Å². The number of methoxy groups -OCH3 is 1. The third-order valence-electron chi connectivity index (χ3n) is 4.46. The number of thioether (sulfide) groups is 1. The van der Waals surface area contributed by atoms with Crippen molar-refractivity contribution in [1.29, 1.82) is 0 Å². The number of aromatic nitrogens is 1. The number of hydrazone groups is 1. The van der Waals surface area contributed by atoms with Gasteiger partial charge in [0.15, 0.2) is 4.34 Å². The summed E-state index contributed by atoms with van der Waals surface area (Å²) in [7, 11) is 1.54. The second-order valence-electron chi connectivity index (χ2n) is 6.56. The summed E-state index contributed by atoms with van der Waals surface area (Å²) in [5, 5.41) is 13.8. The van der Waals surface area contributed by atoms with Gasteiger partial charge in [-0.15, -0.1) is 11.3 Å². The number of carbonyl (C=O) groups excluding carboxylic acids is 1. The molecule has 0 fully saturated rings. The number of nitrogens with zero attached hydrogens (tertiary/aromatic N) is 2. The van der Waals surface area contributed by atoms with Gasteiger partial charge in [-0.2, -0.15) is 5.10 Å². The zero-order chi connectivity index (χ0) is 21.6. The molecule has 2 N–H and O–H groups in total. The molecule has 0 radical (unpaired) electrons. The molecule has 1 amide bonds. The number of phenolic OH excluding ortho intramolecular Hbond substituents is 1. The lowest BCUT2D eigenvalue weighted by Gasteiger charge is -2.04. The van der Waals surface area contributed by atoms with Crippen LogP contribution in [0.3, 0.4) is 0 Å². The van der Waals surface area contributed by atoms with Crippen LogP contribution in [-0.2, 0) is 5.75 Å². The summed E-state index contributed by atoms with van der Waals surface area (Å²) in [6, 6.07) is 20.2. The van der Waals surface area contributed by atoms with Crippen LogP contribution in [0.25, 0.3) is 10.2 Å². The smallest absolute Gasteiger partial charge is 0.271 e. The minimum atomic E-state index is -0.330. The minimum Gasteiger partial charge on any atom is -0.507 e. The summed E-state index contributed by atoms with van der Waals surface area (Å²) in [4.78, 5) is 16.9. The number of para-hydroxylation sites is 1. The normalized spacial score (nSPS) is 11.1. The molecular weight excluding hydrogens is 430 g/mol. The van der Waals surface area contributed by atoms with Crippen LogP contribution >= 0.6 is 23.1 Å². The van der Waals surface area contributed by atoms with E-state index < -0.39 is 0 Å². The van der Waals surface area contributed by atoms with E-state index in [9.17, 15) is 9.90 Å². The van der Waals surface area contributed by atoms with Gasteiger partial charge in [0.2, 0.25) is 0 Å². The molecule has 3 aromatic carbocycles.